The number of thiazole rings is 1. The second-order valence-corrected chi connectivity index (χ2v) is 7.94. The Morgan fingerprint density at radius 1 is 1.23 bits per heavy atom. The molecule has 4 rings (SSSR count). The van der Waals surface area contributed by atoms with E-state index in [0.717, 1.165) is 33.4 Å². The number of rotatable bonds is 4. The average Bonchev–Trinajstić information content (AvgIpc) is 3.29. The van der Waals surface area contributed by atoms with Crippen molar-refractivity contribution in [2.45, 2.75) is 19.4 Å². The smallest absolute Gasteiger partial charge is 0.263 e. The van der Waals surface area contributed by atoms with Crippen LogP contribution in [0.4, 0.5) is 0 Å². The zero-order valence-electron chi connectivity index (χ0n) is 14.2. The van der Waals surface area contributed by atoms with Crippen LogP contribution in [0.1, 0.15) is 34.6 Å². The molecule has 0 aliphatic carbocycles. The Labute approximate surface area is 159 Å². The highest BCUT2D eigenvalue weighted by molar-refractivity contribution is 7.21. The third-order valence-corrected chi connectivity index (χ3v) is 6.12. The van der Waals surface area contributed by atoms with Gasteiger partial charge in [-0.25, -0.2) is 4.98 Å². The van der Waals surface area contributed by atoms with Gasteiger partial charge in [-0.05, 0) is 36.1 Å². The predicted molar refractivity (Wildman–Crippen MR) is 103 cm³/mol. The van der Waals surface area contributed by atoms with Crippen molar-refractivity contribution >= 4 is 28.6 Å². The van der Waals surface area contributed by atoms with E-state index < -0.39 is 0 Å². The SMILES string of the molecule is CC(NC(=O)c1cnc(-c2cccs2)s1)c1ccc2c(c1)OCCCO2. The van der Waals surface area contributed by atoms with E-state index in [1.807, 2.05) is 42.6 Å². The maximum atomic E-state index is 12.6. The number of aromatic nitrogens is 1. The highest BCUT2D eigenvalue weighted by Crippen LogP contribution is 2.33. The third kappa shape index (κ3) is 3.59. The van der Waals surface area contributed by atoms with Crippen molar-refractivity contribution < 1.29 is 14.3 Å². The van der Waals surface area contributed by atoms with Gasteiger partial charge in [0.15, 0.2) is 11.5 Å². The molecule has 0 saturated carbocycles. The molecule has 2 aromatic heterocycles. The lowest BCUT2D eigenvalue weighted by Gasteiger charge is -2.16. The molecule has 1 aliphatic heterocycles. The van der Waals surface area contributed by atoms with E-state index in [2.05, 4.69) is 10.3 Å². The summed E-state index contributed by atoms with van der Waals surface area (Å²) in [5, 5.41) is 5.90. The summed E-state index contributed by atoms with van der Waals surface area (Å²) in [5.41, 5.74) is 0.977. The van der Waals surface area contributed by atoms with E-state index in [-0.39, 0.29) is 11.9 Å². The molecular weight excluding hydrogens is 368 g/mol. The molecular formula is C19H18N2O3S2. The summed E-state index contributed by atoms with van der Waals surface area (Å²) in [6, 6.07) is 9.64. The van der Waals surface area contributed by atoms with Gasteiger partial charge in [-0.3, -0.25) is 4.79 Å². The van der Waals surface area contributed by atoms with Crippen molar-refractivity contribution in [2.75, 3.05) is 13.2 Å². The van der Waals surface area contributed by atoms with Gasteiger partial charge in [0.05, 0.1) is 30.3 Å². The van der Waals surface area contributed by atoms with Crippen LogP contribution in [0.15, 0.2) is 41.9 Å². The molecule has 134 valence electrons. The molecule has 0 saturated heterocycles. The normalized spacial score (nSPS) is 14.5. The Hall–Kier alpha value is -2.38. The van der Waals surface area contributed by atoms with Crippen LogP contribution in [-0.4, -0.2) is 24.1 Å². The number of hydrogen-bond acceptors (Lipinski definition) is 6. The maximum Gasteiger partial charge on any atom is 0.263 e. The predicted octanol–water partition coefficient (Wildman–Crippen LogP) is 4.52. The Morgan fingerprint density at radius 3 is 2.88 bits per heavy atom. The first-order valence-corrected chi connectivity index (χ1v) is 10.1. The zero-order valence-corrected chi connectivity index (χ0v) is 15.9. The summed E-state index contributed by atoms with van der Waals surface area (Å²) in [5.74, 6) is 1.37. The number of carbonyl (C=O) groups excluding carboxylic acids is 1. The highest BCUT2D eigenvalue weighted by Gasteiger charge is 2.18. The van der Waals surface area contributed by atoms with Crippen LogP contribution in [0.25, 0.3) is 9.88 Å². The Kier molecular flexibility index (Phi) is 4.90. The fraction of sp³-hybridized carbons (Fsp3) is 0.263. The Bertz CT molecular complexity index is 905. The molecule has 1 atom stereocenters. The summed E-state index contributed by atoms with van der Waals surface area (Å²) in [7, 11) is 0. The van der Waals surface area contributed by atoms with E-state index in [4.69, 9.17) is 9.47 Å². The van der Waals surface area contributed by atoms with Gasteiger partial charge in [-0.1, -0.05) is 12.1 Å². The number of carbonyl (C=O) groups is 1. The van der Waals surface area contributed by atoms with E-state index in [1.165, 1.54) is 11.3 Å². The number of benzene rings is 1. The maximum absolute atomic E-state index is 12.6. The van der Waals surface area contributed by atoms with Crippen LogP contribution in [-0.2, 0) is 0 Å². The number of ether oxygens (including phenoxy) is 2. The van der Waals surface area contributed by atoms with Crippen molar-refractivity contribution in [3.63, 3.8) is 0 Å². The van der Waals surface area contributed by atoms with Crippen LogP contribution >= 0.6 is 22.7 Å². The van der Waals surface area contributed by atoms with Crippen LogP contribution in [0, 0.1) is 0 Å². The van der Waals surface area contributed by atoms with E-state index in [0.29, 0.717) is 18.1 Å². The number of nitrogens with zero attached hydrogens (tertiary/aromatic N) is 1. The monoisotopic (exact) mass is 386 g/mol. The molecule has 26 heavy (non-hydrogen) atoms. The molecule has 1 amide bonds. The van der Waals surface area contributed by atoms with Crippen LogP contribution in [0.2, 0.25) is 0 Å². The number of amides is 1. The molecule has 0 radical (unpaired) electrons. The lowest BCUT2D eigenvalue weighted by atomic mass is 10.1. The minimum atomic E-state index is -0.146. The highest BCUT2D eigenvalue weighted by atomic mass is 32.1. The van der Waals surface area contributed by atoms with Gasteiger partial charge in [0.2, 0.25) is 0 Å². The summed E-state index contributed by atoms with van der Waals surface area (Å²) >= 11 is 3.02. The summed E-state index contributed by atoms with van der Waals surface area (Å²) < 4.78 is 11.4. The first-order valence-electron chi connectivity index (χ1n) is 8.41. The summed E-state index contributed by atoms with van der Waals surface area (Å²) in [6.07, 6.45) is 2.50. The van der Waals surface area contributed by atoms with Gasteiger partial charge in [0, 0.05) is 6.42 Å². The average molecular weight is 386 g/mol. The van der Waals surface area contributed by atoms with Crippen molar-refractivity contribution in [2.24, 2.45) is 0 Å². The second-order valence-electron chi connectivity index (χ2n) is 5.96. The summed E-state index contributed by atoms with van der Waals surface area (Å²) in [6.45, 7) is 3.26. The molecule has 7 heteroatoms. The molecule has 0 fully saturated rings. The molecule has 1 N–H and O–H groups in total. The van der Waals surface area contributed by atoms with Gasteiger partial charge >= 0.3 is 0 Å². The van der Waals surface area contributed by atoms with Gasteiger partial charge in [0.1, 0.15) is 9.88 Å². The molecule has 3 heterocycles. The Balaban J connectivity index is 1.47. The topological polar surface area (TPSA) is 60.5 Å². The van der Waals surface area contributed by atoms with Gasteiger partial charge in [0.25, 0.3) is 5.91 Å². The minimum Gasteiger partial charge on any atom is -0.490 e. The van der Waals surface area contributed by atoms with Gasteiger partial charge < -0.3 is 14.8 Å². The Morgan fingerprint density at radius 2 is 2.08 bits per heavy atom. The van der Waals surface area contributed by atoms with E-state index in [9.17, 15) is 4.79 Å². The van der Waals surface area contributed by atoms with E-state index >= 15 is 0 Å². The molecule has 0 bridgehead atoms. The molecule has 5 nitrogen and oxygen atoms in total. The standard InChI is InChI=1S/C19H18N2O3S2/c1-12(13-5-6-14-15(10-13)24-8-3-7-23-14)21-18(22)17-11-20-19(26-17)16-4-2-9-25-16/h2,4-6,9-12H,3,7-8H2,1H3,(H,21,22). The molecule has 3 aromatic rings. The number of hydrogen-bond donors (Lipinski definition) is 1. The van der Waals surface area contributed by atoms with Crippen LogP contribution in [0.3, 0.4) is 0 Å². The zero-order chi connectivity index (χ0) is 17.9. The van der Waals surface area contributed by atoms with Crippen molar-refractivity contribution in [1.29, 1.82) is 0 Å². The second kappa shape index (κ2) is 7.47. The van der Waals surface area contributed by atoms with Crippen LogP contribution in [0.5, 0.6) is 11.5 Å². The largest absolute Gasteiger partial charge is 0.490 e. The lowest BCUT2D eigenvalue weighted by Crippen LogP contribution is -2.25. The van der Waals surface area contributed by atoms with Crippen LogP contribution < -0.4 is 14.8 Å². The molecule has 1 aromatic carbocycles. The lowest BCUT2D eigenvalue weighted by molar-refractivity contribution is 0.0943. The van der Waals surface area contributed by atoms with Crippen molar-refractivity contribution in [1.82, 2.24) is 10.3 Å². The van der Waals surface area contributed by atoms with Gasteiger partial charge in [-0.2, -0.15) is 0 Å². The fourth-order valence-electron chi connectivity index (χ4n) is 2.69. The van der Waals surface area contributed by atoms with Crippen molar-refractivity contribution in [3.05, 3.63) is 52.3 Å². The first kappa shape index (κ1) is 17.1. The number of thiophene rings is 1. The quantitative estimate of drug-likeness (QED) is 0.716. The fourth-order valence-corrected chi connectivity index (χ4v) is 4.32. The minimum absolute atomic E-state index is 0.120. The number of fused-ring (bicyclic) bond motifs is 1. The molecule has 1 aliphatic rings. The summed E-state index contributed by atoms with van der Waals surface area (Å²) in [4.78, 5) is 18.6. The molecule has 1 unspecified atom stereocenters. The van der Waals surface area contributed by atoms with E-state index in [1.54, 1.807) is 17.5 Å². The van der Waals surface area contributed by atoms with Gasteiger partial charge in [-0.15, -0.1) is 22.7 Å². The van der Waals surface area contributed by atoms with Crippen molar-refractivity contribution in [3.8, 4) is 21.4 Å². The third-order valence-electron chi connectivity index (χ3n) is 4.08. The molecule has 0 spiro atoms. The number of nitrogens with one attached hydrogen (secondary N) is 1. The first-order chi connectivity index (χ1) is 12.7.